The monoisotopic (exact) mass is 584 g/mol. The van der Waals surface area contributed by atoms with Crippen molar-refractivity contribution >= 4 is 18.2 Å². The standard InChI is InChI=1S/C31H42F3N3O2.K/c1-9-12-14-15-24(31(32,33)34)22(7)19-25(35)23(27(36-8)16-13-10-2)18-17-21(6)28(38)29-26(11-3)37-30(39-29)20(4)5;/h8,12,14-15,19-21,23,35H,9-11,13,17-18H2,1-7H3;/q-2;+1/b14-12-,22-19+,24-15+,35-25?;. The van der Waals surface area contributed by atoms with Gasteiger partial charge in [-0.15, -0.1) is 0 Å². The molecule has 0 saturated heterocycles. The van der Waals surface area contributed by atoms with E-state index in [-0.39, 0.29) is 86.6 Å². The molecule has 1 aromatic heterocycles. The zero-order valence-corrected chi connectivity index (χ0v) is 28.3. The van der Waals surface area contributed by atoms with Gasteiger partial charge in [0.1, 0.15) is 0 Å². The third kappa shape index (κ3) is 11.8. The number of aromatic nitrogens is 1. The first-order valence-electron chi connectivity index (χ1n) is 13.6. The smallest absolute Gasteiger partial charge is 0.579 e. The summed E-state index contributed by atoms with van der Waals surface area (Å²) in [5.74, 6) is -0.606. The van der Waals surface area contributed by atoms with Crippen molar-refractivity contribution in [2.24, 2.45) is 16.8 Å². The first kappa shape index (κ1) is 38.6. The quantitative estimate of drug-likeness (QED) is 0.0843. The van der Waals surface area contributed by atoms with E-state index in [1.165, 1.54) is 19.1 Å². The minimum absolute atomic E-state index is 0. The number of nitrogens with one attached hydrogen (secondary N) is 1. The average Bonchev–Trinajstić information content (AvgIpc) is 3.31. The van der Waals surface area contributed by atoms with Crippen LogP contribution in [-0.4, -0.2) is 29.4 Å². The number of carbonyl (C=O) groups excluding carboxylic acids is 1. The molecule has 0 saturated carbocycles. The molecule has 0 aliphatic heterocycles. The number of Topliss-reactive ketones (excluding diaryl/α,β-unsaturated/α-hetero) is 1. The summed E-state index contributed by atoms with van der Waals surface area (Å²) >= 11 is 0. The summed E-state index contributed by atoms with van der Waals surface area (Å²) in [5, 5.41) is 8.71. The van der Waals surface area contributed by atoms with Gasteiger partial charge in [-0.3, -0.25) is 10.5 Å². The van der Waals surface area contributed by atoms with Crippen molar-refractivity contribution in [1.82, 2.24) is 4.98 Å². The molecule has 1 rings (SSSR count). The Kier molecular flexibility index (Phi) is 18.3. The number of halogens is 3. The number of oxazole rings is 1. The minimum atomic E-state index is -4.58. The van der Waals surface area contributed by atoms with Crippen LogP contribution in [-0.2, 0) is 6.42 Å². The normalized spacial score (nSPS) is 14.8. The Morgan fingerprint density at radius 1 is 1.20 bits per heavy atom. The van der Waals surface area contributed by atoms with E-state index in [2.05, 4.69) is 16.1 Å². The fourth-order valence-electron chi connectivity index (χ4n) is 3.93. The summed E-state index contributed by atoms with van der Waals surface area (Å²) < 4.78 is 47.0. The van der Waals surface area contributed by atoms with Crippen LogP contribution in [0.2, 0.25) is 0 Å². The maximum Gasteiger partial charge on any atom is 1.00 e. The predicted octanol–water partition coefficient (Wildman–Crippen LogP) is 6.07. The van der Waals surface area contributed by atoms with Gasteiger partial charge in [0.2, 0.25) is 5.78 Å². The Balaban J connectivity index is 0.0000152. The maximum absolute atomic E-state index is 13.7. The van der Waals surface area contributed by atoms with E-state index in [4.69, 9.17) is 16.5 Å². The van der Waals surface area contributed by atoms with Crippen LogP contribution in [0.15, 0.2) is 50.6 Å². The van der Waals surface area contributed by atoms with Gasteiger partial charge in [0.15, 0.2) is 11.7 Å². The van der Waals surface area contributed by atoms with Gasteiger partial charge < -0.3 is 20.9 Å². The number of unbranched alkanes of at least 4 members (excludes halogenated alkanes) is 1. The van der Waals surface area contributed by atoms with Gasteiger partial charge in [0.05, 0.1) is 11.3 Å². The Morgan fingerprint density at radius 3 is 2.35 bits per heavy atom. The molecule has 0 bridgehead atoms. The van der Waals surface area contributed by atoms with Gasteiger partial charge >= 0.3 is 57.6 Å². The molecule has 0 fully saturated rings. The van der Waals surface area contributed by atoms with Crippen molar-refractivity contribution in [1.29, 1.82) is 5.41 Å². The predicted molar refractivity (Wildman–Crippen MR) is 151 cm³/mol. The first-order valence-corrected chi connectivity index (χ1v) is 13.6. The van der Waals surface area contributed by atoms with E-state index in [0.717, 1.165) is 12.5 Å². The van der Waals surface area contributed by atoms with Crippen molar-refractivity contribution in [3.8, 4) is 0 Å². The zero-order chi connectivity index (χ0) is 29.8. The summed E-state index contributed by atoms with van der Waals surface area (Å²) in [4.78, 5) is 21.5. The number of carbonyl (C=O) groups is 1. The maximum atomic E-state index is 13.7. The molecule has 1 N–H and O–H groups in total. The largest absolute Gasteiger partial charge is 1.00 e. The van der Waals surface area contributed by atoms with Crippen LogP contribution in [0, 0.1) is 23.3 Å². The second kappa shape index (κ2) is 18.9. The van der Waals surface area contributed by atoms with Gasteiger partial charge in [-0.1, -0.05) is 78.5 Å². The number of alkyl halides is 3. The van der Waals surface area contributed by atoms with Crippen molar-refractivity contribution in [2.75, 3.05) is 0 Å². The van der Waals surface area contributed by atoms with Crippen molar-refractivity contribution in [3.05, 3.63) is 64.6 Å². The van der Waals surface area contributed by atoms with Crippen molar-refractivity contribution < 1.29 is 73.8 Å². The number of ketones is 1. The summed E-state index contributed by atoms with van der Waals surface area (Å²) in [6, 6.07) is 0. The SMILES string of the molecule is [CH-]=NC(=[C-]CCC)C(CCC(C)C(=O)c1oc(C(C)C)nc1CC)C(=N)/C=C(C)/C(=C\C=C/CC)C(F)(F)F.[K+]. The second-order valence-electron chi connectivity index (χ2n) is 9.87. The number of nitrogens with zero attached hydrogens (tertiary/aromatic N) is 2. The van der Waals surface area contributed by atoms with Crippen LogP contribution in [0.1, 0.15) is 109 Å². The van der Waals surface area contributed by atoms with E-state index in [9.17, 15) is 18.0 Å². The van der Waals surface area contributed by atoms with E-state index >= 15 is 0 Å². The summed E-state index contributed by atoms with van der Waals surface area (Å²) in [6.45, 7) is 18.3. The number of aryl methyl sites for hydroxylation is 1. The van der Waals surface area contributed by atoms with Crippen LogP contribution in [0.25, 0.3) is 0 Å². The molecule has 0 amide bonds. The number of allylic oxidation sites excluding steroid dienone is 8. The van der Waals surface area contributed by atoms with Crippen molar-refractivity contribution in [2.45, 2.75) is 99.1 Å². The first-order chi connectivity index (χ1) is 18.3. The van der Waals surface area contributed by atoms with Crippen LogP contribution in [0.3, 0.4) is 0 Å². The van der Waals surface area contributed by atoms with Crippen LogP contribution < -0.4 is 51.4 Å². The Morgan fingerprint density at radius 2 is 1.85 bits per heavy atom. The molecule has 216 valence electrons. The average molecular weight is 585 g/mol. The Labute approximate surface area is 280 Å². The molecular formula is C31H42F3KN3O2-. The minimum Gasteiger partial charge on any atom is -0.579 e. The van der Waals surface area contributed by atoms with Crippen LogP contribution in [0.4, 0.5) is 13.2 Å². The summed E-state index contributed by atoms with van der Waals surface area (Å²) in [7, 11) is 0. The molecule has 1 heterocycles. The van der Waals surface area contributed by atoms with E-state index < -0.39 is 23.6 Å². The Bertz CT molecular complexity index is 1110. The fraction of sp³-hybridized carbons (Fsp3) is 0.548. The molecule has 0 spiro atoms. The van der Waals surface area contributed by atoms with Gasteiger partial charge in [-0.2, -0.15) is 19.9 Å². The molecule has 9 heteroatoms. The second-order valence-corrected chi connectivity index (χ2v) is 9.87. The molecule has 40 heavy (non-hydrogen) atoms. The molecule has 2 atom stereocenters. The van der Waals surface area contributed by atoms with Gasteiger partial charge in [-0.25, -0.2) is 11.4 Å². The summed E-state index contributed by atoms with van der Waals surface area (Å²) in [5.41, 5.74) is -0.0959. The molecule has 2 unspecified atom stereocenters. The molecule has 0 aromatic carbocycles. The molecule has 1 aromatic rings. The van der Waals surface area contributed by atoms with E-state index in [1.807, 2.05) is 34.6 Å². The third-order valence-corrected chi connectivity index (χ3v) is 6.24. The molecule has 0 aliphatic carbocycles. The number of aliphatic imine (C=N–C) groups is 1. The Hall–Kier alpha value is -1.39. The van der Waals surface area contributed by atoms with Crippen molar-refractivity contribution in [3.63, 3.8) is 0 Å². The van der Waals surface area contributed by atoms with Gasteiger partial charge in [0.25, 0.3) is 0 Å². The summed E-state index contributed by atoms with van der Waals surface area (Å²) in [6.07, 6.45) is 6.77. The number of hydrogen-bond acceptors (Lipinski definition) is 5. The van der Waals surface area contributed by atoms with Crippen LogP contribution >= 0.6 is 0 Å². The third-order valence-electron chi connectivity index (χ3n) is 6.24. The molecule has 0 radical (unpaired) electrons. The fourth-order valence-corrected chi connectivity index (χ4v) is 3.93. The zero-order valence-electron chi connectivity index (χ0n) is 25.2. The van der Waals surface area contributed by atoms with E-state index in [0.29, 0.717) is 43.0 Å². The molecule has 5 nitrogen and oxygen atoms in total. The molecule has 0 aliphatic rings. The number of rotatable bonds is 16. The van der Waals surface area contributed by atoms with Gasteiger partial charge in [0, 0.05) is 17.5 Å². The number of hydrogen-bond donors (Lipinski definition) is 1. The van der Waals surface area contributed by atoms with Crippen LogP contribution in [0.5, 0.6) is 0 Å². The van der Waals surface area contributed by atoms with Gasteiger partial charge in [-0.05, 0) is 37.8 Å². The topological polar surface area (TPSA) is 79.3 Å². The van der Waals surface area contributed by atoms with E-state index in [1.54, 1.807) is 13.0 Å². The molecular weight excluding hydrogens is 542 g/mol.